The molecule has 0 aliphatic rings. The molecule has 0 saturated carbocycles. The van der Waals surface area contributed by atoms with Crippen LogP contribution in [0.25, 0.3) is 5.69 Å². The Morgan fingerprint density at radius 2 is 1.55 bits per heavy atom. The highest BCUT2D eigenvalue weighted by Crippen LogP contribution is 2.15. The molecule has 0 fully saturated rings. The Kier molecular flexibility index (Phi) is 3.61. The van der Waals surface area contributed by atoms with Crippen molar-refractivity contribution in [2.75, 3.05) is 0 Å². The Bertz CT molecular complexity index is 659. The van der Waals surface area contributed by atoms with Crippen LogP contribution in [0.5, 0.6) is 0 Å². The van der Waals surface area contributed by atoms with Gasteiger partial charge in [-0.15, -0.1) is 0 Å². The second kappa shape index (κ2) is 5.72. The van der Waals surface area contributed by atoms with Crippen molar-refractivity contribution in [2.24, 2.45) is 5.73 Å². The molecule has 1 aromatic heterocycles. The Morgan fingerprint density at radius 3 is 2.25 bits per heavy atom. The molecule has 0 radical (unpaired) electrons. The fourth-order valence-corrected chi connectivity index (χ4v) is 2.23. The molecule has 2 N–H and O–H groups in total. The van der Waals surface area contributed by atoms with E-state index in [-0.39, 0.29) is 6.04 Å². The third-order valence-electron chi connectivity index (χ3n) is 3.31. The Balaban J connectivity index is 1.77. The summed E-state index contributed by atoms with van der Waals surface area (Å²) in [5.74, 6) is 0. The summed E-state index contributed by atoms with van der Waals surface area (Å²) in [7, 11) is 0. The van der Waals surface area contributed by atoms with E-state index in [0.29, 0.717) is 0 Å². The first-order valence-corrected chi connectivity index (χ1v) is 6.73. The lowest BCUT2D eigenvalue weighted by atomic mass is 10.0. The predicted molar refractivity (Wildman–Crippen MR) is 80.6 cm³/mol. The summed E-state index contributed by atoms with van der Waals surface area (Å²) in [6.07, 6.45) is 2.75. The van der Waals surface area contributed by atoms with Crippen molar-refractivity contribution in [3.05, 3.63) is 84.2 Å². The number of rotatable bonds is 4. The van der Waals surface area contributed by atoms with Crippen molar-refractivity contribution in [1.29, 1.82) is 0 Å². The summed E-state index contributed by atoms with van der Waals surface area (Å²) < 4.78 is 1.86. The molecule has 0 aliphatic carbocycles. The van der Waals surface area contributed by atoms with Gasteiger partial charge >= 0.3 is 0 Å². The van der Waals surface area contributed by atoms with Crippen LogP contribution < -0.4 is 5.73 Å². The minimum atomic E-state index is -0.0811. The SMILES string of the molecule is NC(Cc1ccccc1)c1ccn(-c2ccccc2)n1. The molecular weight excluding hydrogens is 246 g/mol. The van der Waals surface area contributed by atoms with E-state index in [2.05, 4.69) is 17.2 Å². The van der Waals surface area contributed by atoms with Gasteiger partial charge in [0, 0.05) is 6.20 Å². The van der Waals surface area contributed by atoms with Gasteiger partial charge in [-0.3, -0.25) is 0 Å². The van der Waals surface area contributed by atoms with Gasteiger partial charge in [0.2, 0.25) is 0 Å². The van der Waals surface area contributed by atoms with Gasteiger partial charge in [0.25, 0.3) is 0 Å². The molecule has 3 nitrogen and oxygen atoms in total. The lowest BCUT2D eigenvalue weighted by Crippen LogP contribution is -2.14. The molecule has 0 aliphatic heterocycles. The van der Waals surface area contributed by atoms with Crippen LogP contribution in [0, 0.1) is 0 Å². The number of nitrogens with zero attached hydrogens (tertiary/aromatic N) is 2. The van der Waals surface area contributed by atoms with Crippen molar-refractivity contribution in [3.8, 4) is 5.69 Å². The Morgan fingerprint density at radius 1 is 0.900 bits per heavy atom. The lowest BCUT2D eigenvalue weighted by molar-refractivity contribution is 0.678. The van der Waals surface area contributed by atoms with E-state index in [0.717, 1.165) is 17.8 Å². The number of hydrogen-bond acceptors (Lipinski definition) is 2. The molecule has 20 heavy (non-hydrogen) atoms. The average Bonchev–Trinajstić information content (AvgIpc) is 2.99. The summed E-state index contributed by atoms with van der Waals surface area (Å²) in [6, 6.07) is 22.2. The molecule has 0 bridgehead atoms. The van der Waals surface area contributed by atoms with Gasteiger partial charge in [0.05, 0.1) is 17.4 Å². The Hall–Kier alpha value is -2.39. The van der Waals surface area contributed by atoms with Crippen LogP contribution in [0.2, 0.25) is 0 Å². The monoisotopic (exact) mass is 263 g/mol. The molecular formula is C17H17N3. The predicted octanol–water partition coefficient (Wildman–Crippen LogP) is 3.11. The van der Waals surface area contributed by atoms with Crippen molar-refractivity contribution in [3.63, 3.8) is 0 Å². The van der Waals surface area contributed by atoms with Crippen molar-refractivity contribution in [1.82, 2.24) is 9.78 Å². The maximum atomic E-state index is 6.24. The van der Waals surface area contributed by atoms with Gasteiger partial charge in [-0.05, 0) is 30.2 Å². The van der Waals surface area contributed by atoms with E-state index in [1.165, 1.54) is 5.56 Å². The molecule has 3 heteroatoms. The summed E-state index contributed by atoms with van der Waals surface area (Å²) in [6.45, 7) is 0. The second-order valence-corrected chi connectivity index (χ2v) is 4.82. The van der Waals surface area contributed by atoms with Crippen LogP contribution in [0.4, 0.5) is 0 Å². The fourth-order valence-electron chi connectivity index (χ4n) is 2.23. The largest absolute Gasteiger partial charge is 0.322 e. The molecule has 3 rings (SSSR count). The van der Waals surface area contributed by atoms with Crippen molar-refractivity contribution in [2.45, 2.75) is 12.5 Å². The third kappa shape index (κ3) is 2.78. The van der Waals surface area contributed by atoms with Crippen LogP contribution in [0.3, 0.4) is 0 Å². The topological polar surface area (TPSA) is 43.8 Å². The molecule has 1 heterocycles. The minimum absolute atomic E-state index is 0.0811. The highest BCUT2D eigenvalue weighted by Gasteiger charge is 2.10. The van der Waals surface area contributed by atoms with Crippen LogP contribution in [-0.4, -0.2) is 9.78 Å². The van der Waals surface area contributed by atoms with Crippen LogP contribution in [0.15, 0.2) is 72.9 Å². The van der Waals surface area contributed by atoms with E-state index < -0.39 is 0 Å². The van der Waals surface area contributed by atoms with Gasteiger partial charge in [0.1, 0.15) is 0 Å². The molecule has 2 aromatic carbocycles. The van der Waals surface area contributed by atoms with Crippen molar-refractivity contribution < 1.29 is 0 Å². The second-order valence-electron chi connectivity index (χ2n) is 4.82. The van der Waals surface area contributed by atoms with Gasteiger partial charge in [-0.2, -0.15) is 5.10 Å². The molecule has 0 amide bonds. The zero-order valence-corrected chi connectivity index (χ0v) is 11.2. The number of nitrogens with two attached hydrogens (primary N) is 1. The van der Waals surface area contributed by atoms with Crippen LogP contribution in [-0.2, 0) is 6.42 Å². The summed E-state index contributed by atoms with van der Waals surface area (Å²) >= 11 is 0. The van der Waals surface area contributed by atoms with Crippen LogP contribution in [0.1, 0.15) is 17.3 Å². The van der Waals surface area contributed by atoms with E-state index in [1.54, 1.807) is 0 Å². The van der Waals surface area contributed by atoms with E-state index in [1.807, 2.05) is 65.5 Å². The smallest absolute Gasteiger partial charge is 0.0799 e. The quantitative estimate of drug-likeness (QED) is 0.786. The molecule has 3 aromatic rings. The first kappa shape index (κ1) is 12.6. The van der Waals surface area contributed by atoms with Gasteiger partial charge < -0.3 is 5.73 Å². The molecule has 0 spiro atoms. The number of hydrogen-bond donors (Lipinski definition) is 1. The Labute approximate surface area is 118 Å². The van der Waals surface area contributed by atoms with E-state index in [9.17, 15) is 0 Å². The first-order valence-electron chi connectivity index (χ1n) is 6.73. The highest BCUT2D eigenvalue weighted by molar-refractivity contribution is 5.31. The molecule has 1 unspecified atom stereocenters. The van der Waals surface area contributed by atoms with E-state index >= 15 is 0 Å². The maximum Gasteiger partial charge on any atom is 0.0799 e. The lowest BCUT2D eigenvalue weighted by Gasteiger charge is -2.08. The maximum absolute atomic E-state index is 6.24. The zero-order chi connectivity index (χ0) is 13.8. The third-order valence-corrected chi connectivity index (χ3v) is 3.31. The molecule has 0 saturated heterocycles. The van der Waals surface area contributed by atoms with E-state index in [4.69, 9.17) is 5.73 Å². The summed E-state index contributed by atoms with van der Waals surface area (Å²) in [5.41, 5.74) is 9.43. The molecule has 100 valence electrons. The number of aromatic nitrogens is 2. The molecule has 1 atom stereocenters. The minimum Gasteiger partial charge on any atom is -0.322 e. The normalized spacial score (nSPS) is 12.2. The zero-order valence-electron chi connectivity index (χ0n) is 11.2. The first-order chi connectivity index (χ1) is 9.83. The standard InChI is InChI=1S/C17H17N3/c18-16(13-14-7-3-1-4-8-14)17-11-12-20(19-17)15-9-5-2-6-10-15/h1-12,16H,13,18H2. The summed E-state index contributed by atoms with van der Waals surface area (Å²) in [5, 5.41) is 4.57. The van der Waals surface area contributed by atoms with Gasteiger partial charge in [-0.25, -0.2) is 4.68 Å². The number of benzene rings is 2. The summed E-state index contributed by atoms with van der Waals surface area (Å²) in [4.78, 5) is 0. The van der Waals surface area contributed by atoms with Crippen LogP contribution >= 0.6 is 0 Å². The van der Waals surface area contributed by atoms with Gasteiger partial charge in [0.15, 0.2) is 0 Å². The fraction of sp³-hybridized carbons (Fsp3) is 0.118. The number of para-hydroxylation sites is 1. The van der Waals surface area contributed by atoms with Gasteiger partial charge in [-0.1, -0.05) is 48.5 Å². The average molecular weight is 263 g/mol. The highest BCUT2D eigenvalue weighted by atomic mass is 15.3. The van der Waals surface area contributed by atoms with Crippen molar-refractivity contribution >= 4 is 0 Å².